The Hall–Kier alpha value is -1.93. The average molecular weight is 333 g/mol. The Kier molecular flexibility index (Phi) is 4.69. The number of hydrogen-bond donors (Lipinski definition) is 0. The van der Waals surface area contributed by atoms with Crippen LogP contribution in [0, 0.1) is 5.82 Å². The number of nitrogens with zero attached hydrogens (tertiary/aromatic N) is 5. The van der Waals surface area contributed by atoms with Crippen LogP contribution in [0.5, 0.6) is 0 Å². The fraction of sp³-hybridized carbons (Fsp3) is 0.143. The highest BCUT2D eigenvalue weighted by atomic mass is 32.2. The molecule has 0 spiro atoms. The molecule has 2 aromatic heterocycles. The zero-order valence-corrected chi connectivity index (χ0v) is 13.3. The fourth-order valence-electron chi connectivity index (χ4n) is 1.86. The Morgan fingerprint density at radius 2 is 1.82 bits per heavy atom. The monoisotopic (exact) mass is 333 g/mol. The largest absolute Gasteiger partial charge is 0.273 e. The first kappa shape index (κ1) is 15.0. The SMILES string of the molecule is CSc1nnc(CSc2ncccn2)n1-c1ccc(F)cc1. The summed E-state index contributed by atoms with van der Waals surface area (Å²) < 4.78 is 15.0. The van der Waals surface area contributed by atoms with E-state index in [0.717, 1.165) is 16.7 Å². The van der Waals surface area contributed by atoms with Gasteiger partial charge >= 0.3 is 0 Å². The van der Waals surface area contributed by atoms with Crippen LogP contribution >= 0.6 is 23.5 Å². The van der Waals surface area contributed by atoms with Crippen molar-refractivity contribution in [2.24, 2.45) is 0 Å². The van der Waals surface area contributed by atoms with Gasteiger partial charge in [0.25, 0.3) is 0 Å². The third kappa shape index (κ3) is 3.28. The van der Waals surface area contributed by atoms with E-state index in [4.69, 9.17) is 0 Å². The number of halogens is 1. The van der Waals surface area contributed by atoms with Crippen LogP contribution in [0.4, 0.5) is 4.39 Å². The van der Waals surface area contributed by atoms with Crippen molar-refractivity contribution in [1.82, 2.24) is 24.7 Å². The quantitative estimate of drug-likeness (QED) is 0.528. The molecule has 3 rings (SSSR count). The lowest BCUT2D eigenvalue weighted by atomic mass is 10.3. The Morgan fingerprint density at radius 3 is 2.50 bits per heavy atom. The summed E-state index contributed by atoms with van der Waals surface area (Å²) in [6.07, 6.45) is 5.34. The minimum atomic E-state index is -0.267. The van der Waals surface area contributed by atoms with E-state index in [1.165, 1.54) is 35.7 Å². The van der Waals surface area contributed by atoms with Gasteiger partial charge in [0.05, 0.1) is 5.75 Å². The van der Waals surface area contributed by atoms with Gasteiger partial charge in [-0.15, -0.1) is 10.2 Å². The van der Waals surface area contributed by atoms with Gasteiger partial charge in [0.1, 0.15) is 11.6 Å². The maximum absolute atomic E-state index is 13.1. The molecule has 0 aliphatic carbocycles. The van der Waals surface area contributed by atoms with Gasteiger partial charge in [-0.2, -0.15) is 0 Å². The van der Waals surface area contributed by atoms with Crippen molar-refractivity contribution in [3.63, 3.8) is 0 Å². The number of aromatic nitrogens is 5. The highest BCUT2D eigenvalue weighted by Gasteiger charge is 2.14. The molecule has 0 unspecified atom stereocenters. The Labute approximate surface area is 135 Å². The van der Waals surface area contributed by atoms with E-state index in [2.05, 4.69) is 20.2 Å². The molecular formula is C14H12FN5S2. The standard InChI is InChI=1S/C14H12FN5S2/c1-21-14-19-18-12(9-22-13-16-7-2-8-17-13)20(14)11-5-3-10(15)4-6-11/h2-8H,9H2,1H3. The molecule has 0 saturated carbocycles. The molecule has 112 valence electrons. The summed E-state index contributed by atoms with van der Waals surface area (Å²) in [5, 5.41) is 9.84. The Bertz CT molecular complexity index is 746. The van der Waals surface area contributed by atoms with E-state index in [1.807, 2.05) is 10.8 Å². The van der Waals surface area contributed by atoms with Crippen molar-refractivity contribution in [1.29, 1.82) is 0 Å². The first-order valence-corrected chi connectivity index (χ1v) is 8.63. The molecule has 2 heterocycles. The van der Waals surface area contributed by atoms with Gasteiger partial charge in [-0.25, -0.2) is 14.4 Å². The minimum Gasteiger partial charge on any atom is -0.273 e. The van der Waals surface area contributed by atoms with Gasteiger partial charge in [0.2, 0.25) is 0 Å². The van der Waals surface area contributed by atoms with Crippen molar-refractivity contribution in [3.05, 3.63) is 54.4 Å². The highest BCUT2D eigenvalue weighted by Crippen LogP contribution is 2.24. The van der Waals surface area contributed by atoms with Gasteiger partial charge in [-0.05, 0) is 36.6 Å². The van der Waals surface area contributed by atoms with Crippen LogP contribution in [-0.4, -0.2) is 31.0 Å². The molecule has 0 radical (unpaired) electrons. The van der Waals surface area contributed by atoms with Crippen LogP contribution in [0.25, 0.3) is 5.69 Å². The molecule has 0 bridgehead atoms. The number of rotatable bonds is 5. The molecule has 0 aliphatic rings. The first-order chi connectivity index (χ1) is 10.8. The normalized spacial score (nSPS) is 10.8. The summed E-state index contributed by atoms with van der Waals surface area (Å²) in [5.74, 6) is 1.08. The van der Waals surface area contributed by atoms with Crippen molar-refractivity contribution in [2.75, 3.05) is 6.26 Å². The van der Waals surface area contributed by atoms with E-state index in [1.54, 1.807) is 30.6 Å². The zero-order valence-electron chi connectivity index (χ0n) is 11.7. The van der Waals surface area contributed by atoms with Gasteiger partial charge in [0, 0.05) is 18.1 Å². The molecule has 5 nitrogen and oxygen atoms in total. The molecule has 0 N–H and O–H groups in total. The highest BCUT2D eigenvalue weighted by molar-refractivity contribution is 7.98. The van der Waals surface area contributed by atoms with Crippen molar-refractivity contribution >= 4 is 23.5 Å². The Morgan fingerprint density at radius 1 is 1.09 bits per heavy atom. The molecule has 0 atom stereocenters. The number of thioether (sulfide) groups is 2. The second kappa shape index (κ2) is 6.89. The van der Waals surface area contributed by atoms with Crippen molar-refractivity contribution in [3.8, 4) is 5.69 Å². The molecule has 3 aromatic rings. The summed E-state index contributed by atoms with van der Waals surface area (Å²) in [6.45, 7) is 0. The van der Waals surface area contributed by atoms with E-state index < -0.39 is 0 Å². The van der Waals surface area contributed by atoms with Gasteiger partial charge < -0.3 is 0 Å². The lowest BCUT2D eigenvalue weighted by molar-refractivity contribution is 0.627. The van der Waals surface area contributed by atoms with Crippen LogP contribution in [-0.2, 0) is 5.75 Å². The third-order valence-electron chi connectivity index (χ3n) is 2.84. The number of hydrogen-bond acceptors (Lipinski definition) is 6. The maximum atomic E-state index is 13.1. The van der Waals surface area contributed by atoms with Gasteiger partial charge in [-0.1, -0.05) is 23.5 Å². The van der Waals surface area contributed by atoms with E-state index in [0.29, 0.717) is 10.9 Å². The summed E-state index contributed by atoms with van der Waals surface area (Å²) in [6, 6.07) is 8.06. The van der Waals surface area contributed by atoms with Crippen LogP contribution in [0.15, 0.2) is 53.0 Å². The van der Waals surface area contributed by atoms with Crippen LogP contribution < -0.4 is 0 Å². The smallest absolute Gasteiger partial charge is 0.195 e. The van der Waals surface area contributed by atoms with Crippen LogP contribution in [0.3, 0.4) is 0 Å². The minimum absolute atomic E-state index is 0.267. The molecule has 0 fully saturated rings. The third-order valence-corrected chi connectivity index (χ3v) is 4.34. The van der Waals surface area contributed by atoms with E-state index in [-0.39, 0.29) is 5.82 Å². The lowest BCUT2D eigenvalue weighted by Crippen LogP contribution is -2.02. The lowest BCUT2D eigenvalue weighted by Gasteiger charge is -2.08. The average Bonchev–Trinajstić information content (AvgIpc) is 2.97. The van der Waals surface area contributed by atoms with E-state index in [9.17, 15) is 4.39 Å². The summed E-state index contributed by atoms with van der Waals surface area (Å²) in [4.78, 5) is 8.35. The Balaban J connectivity index is 1.88. The van der Waals surface area contributed by atoms with E-state index >= 15 is 0 Å². The molecule has 22 heavy (non-hydrogen) atoms. The second-order valence-electron chi connectivity index (χ2n) is 4.23. The van der Waals surface area contributed by atoms with Crippen molar-refractivity contribution in [2.45, 2.75) is 16.1 Å². The molecular weight excluding hydrogens is 321 g/mol. The molecule has 1 aromatic carbocycles. The molecule has 0 amide bonds. The van der Waals surface area contributed by atoms with Crippen LogP contribution in [0.1, 0.15) is 5.82 Å². The second-order valence-corrected chi connectivity index (χ2v) is 5.95. The summed E-state index contributed by atoms with van der Waals surface area (Å²) in [5.41, 5.74) is 0.834. The zero-order chi connectivity index (χ0) is 15.4. The fourth-order valence-corrected chi connectivity index (χ4v) is 3.10. The molecule has 0 saturated heterocycles. The van der Waals surface area contributed by atoms with Crippen molar-refractivity contribution < 1.29 is 4.39 Å². The predicted molar refractivity (Wildman–Crippen MR) is 84.7 cm³/mol. The topological polar surface area (TPSA) is 56.5 Å². The maximum Gasteiger partial charge on any atom is 0.195 e. The first-order valence-electron chi connectivity index (χ1n) is 6.42. The molecule has 8 heteroatoms. The summed E-state index contributed by atoms with van der Waals surface area (Å²) >= 11 is 2.97. The predicted octanol–water partition coefficient (Wildman–Crippen LogP) is 3.21. The van der Waals surface area contributed by atoms with Gasteiger partial charge in [0.15, 0.2) is 10.3 Å². The summed E-state index contributed by atoms with van der Waals surface area (Å²) in [7, 11) is 0. The molecule has 0 aliphatic heterocycles. The number of benzene rings is 1. The van der Waals surface area contributed by atoms with Gasteiger partial charge in [-0.3, -0.25) is 4.57 Å². The van der Waals surface area contributed by atoms with Crippen LogP contribution in [0.2, 0.25) is 0 Å².